The first kappa shape index (κ1) is 22.3. The van der Waals surface area contributed by atoms with Crippen LogP contribution in [-0.2, 0) is 5.41 Å². The number of rotatable bonds is 4. The van der Waals surface area contributed by atoms with Gasteiger partial charge in [-0.25, -0.2) is 0 Å². The maximum atomic E-state index is 13.1. The molecule has 2 aromatic carbocycles. The van der Waals surface area contributed by atoms with Crippen LogP contribution >= 0.6 is 11.6 Å². The molecule has 178 valence electrons. The largest absolute Gasteiger partial charge is 0.396 e. The first-order valence-electron chi connectivity index (χ1n) is 12.8. The van der Waals surface area contributed by atoms with E-state index in [0.717, 1.165) is 75.9 Å². The van der Waals surface area contributed by atoms with Crippen LogP contribution < -0.4 is 5.56 Å². The van der Waals surface area contributed by atoms with E-state index in [1.165, 1.54) is 23.2 Å². The summed E-state index contributed by atoms with van der Waals surface area (Å²) >= 11 is 6.47. The normalized spacial score (nSPS) is 20.1. The number of nitrogens with zero attached hydrogens (tertiary/aromatic N) is 3. The van der Waals surface area contributed by atoms with Gasteiger partial charge < -0.3 is 10.0 Å². The van der Waals surface area contributed by atoms with Crippen LogP contribution in [0.5, 0.6) is 0 Å². The Balaban J connectivity index is 1.45. The Labute approximate surface area is 205 Å². The van der Waals surface area contributed by atoms with Crippen molar-refractivity contribution in [2.75, 3.05) is 26.2 Å². The molecule has 0 bridgehead atoms. The molecule has 2 aliphatic heterocycles. The fraction of sp³-hybridized carbons (Fsp3) is 0.500. The minimum atomic E-state index is -0.208. The average molecular weight is 478 g/mol. The van der Waals surface area contributed by atoms with E-state index in [9.17, 15) is 4.79 Å². The number of benzene rings is 2. The molecule has 1 N–H and O–H groups in total. The molecule has 0 radical (unpaired) electrons. The smallest absolute Gasteiger partial charge is 0.282 e. The first-order chi connectivity index (χ1) is 16.6. The summed E-state index contributed by atoms with van der Waals surface area (Å²) in [6.07, 6.45) is 8.81. The van der Waals surface area contributed by atoms with Crippen LogP contribution in [0.2, 0.25) is 5.02 Å². The van der Waals surface area contributed by atoms with Crippen molar-refractivity contribution in [2.45, 2.75) is 62.7 Å². The summed E-state index contributed by atoms with van der Waals surface area (Å²) in [5.41, 5.74) is 4.42. The Bertz CT molecular complexity index is 1290. The van der Waals surface area contributed by atoms with Crippen LogP contribution in [0.3, 0.4) is 0 Å². The van der Waals surface area contributed by atoms with E-state index in [1.54, 1.807) is 6.07 Å². The predicted molar refractivity (Wildman–Crippen MR) is 136 cm³/mol. The van der Waals surface area contributed by atoms with E-state index < -0.39 is 0 Å². The molecule has 1 saturated carbocycles. The van der Waals surface area contributed by atoms with Gasteiger partial charge in [-0.05, 0) is 80.4 Å². The zero-order valence-corrected chi connectivity index (χ0v) is 20.4. The molecule has 5 nitrogen and oxygen atoms in total. The Morgan fingerprint density at radius 3 is 2.65 bits per heavy atom. The average Bonchev–Trinajstić information content (AvgIpc) is 3.12. The van der Waals surface area contributed by atoms with Crippen molar-refractivity contribution in [3.63, 3.8) is 0 Å². The highest BCUT2D eigenvalue weighted by atomic mass is 35.5. The van der Waals surface area contributed by atoms with Gasteiger partial charge in [-0.2, -0.15) is 4.98 Å². The van der Waals surface area contributed by atoms with Gasteiger partial charge in [0.05, 0.1) is 27.0 Å². The van der Waals surface area contributed by atoms with Gasteiger partial charge in [0.1, 0.15) is 5.82 Å². The molecule has 1 spiro atoms. The summed E-state index contributed by atoms with van der Waals surface area (Å²) in [7, 11) is 0. The maximum absolute atomic E-state index is 13.1. The van der Waals surface area contributed by atoms with E-state index in [4.69, 9.17) is 21.7 Å². The number of hydrogen-bond acceptors (Lipinski definition) is 4. The van der Waals surface area contributed by atoms with Gasteiger partial charge in [0.15, 0.2) is 0 Å². The van der Waals surface area contributed by atoms with Gasteiger partial charge in [0.2, 0.25) is 0 Å². The lowest BCUT2D eigenvalue weighted by Gasteiger charge is -2.35. The van der Waals surface area contributed by atoms with Crippen molar-refractivity contribution < 1.29 is 5.11 Å². The summed E-state index contributed by atoms with van der Waals surface area (Å²) in [6, 6.07) is 12.7. The third-order valence-corrected chi connectivity index (χ3v) is 8.78. The molecular weight excluding hydrogens is 446 g/mol. The molecule has 34 heavy (non-hydrogen) atoms. The molecule has 0 amide bonds. The number of aliphatic hydroxyl groups is 1. The minimum Gasteiger partial charge on any atom is -0.396 e. The molecule has 6 rings (SSSR count). The van der Waals surface area contributed by atoms with Crippen LogP contribution in [0.1, 0.15) is 74.2 Å². The number of piperidine rings is 1. The Morgan fingerprint density at radius 1 is 1.09 bits per heavy atom. The van der Waals surface area contributed by atoms with E-state index >= 15 is 0 Å². The number of aromatic nitrogens is 2. The second-order valence-electron chi connectivity index (χ2n) is 10.3. The number of hydrogen-bond donors (Lipinski definition) is 1. The van der Waals surface area contributed by atoms with E-state index in [1.807, 2.05) is 12.1 Å². The lowest BCUT2D eigenvalue weighted by molar-refractivity contribution is 0.187. The molecule has 0 unspecified atom stereocenters. The molecule has 3 heterocycles. The fourth-order valence-electron chi connectivity index (χ4n) is 6.73. The second kappa shape index (κ2) is 8.78. The van der Waals surface area contributed by atoms with Crippen molar-refractivity contribution >= 4 is 22.5 Å². The number of fused-ring (bicyclic) bond motifs is 7. The highest BCUT2D eigenvalue weighted by Crippen LogP contribution is 2.52. The van der Waals surface area contributed by atoms with Crippen LogP contribution in [0.4, 0.5) is 0 Å². The monoisotopic (exact) mass is 477 g/mol. The van der Waals surface area contributed by atoms with E-state index in [0.29, 0.717) is 16.3 Å². The van der Waals surface area contributed by atoms with Crippen LogP contribution in [0.25, 0.3) is 16.6 Å². The molecule has 3 aromatic rings. The fourth-order valence-corrected chi connectivity index (χ4v) is 6.98. The highest BCUT2D eigenvalue weighted by molar-refractivity contribution is 6.35. The third-order valence-electron chi connectivity index (χ3n) is 8.47. The second-order valence-corrected chi connectivity index (χ2v) is 10.7. The van der Waals surface area contributed by atoms with Gasteiger partial charge >= 0.3 is 0 Å². The molecule has 1 aromatic heterocycles. The third kappa shape index (κ3) is 3.43. The Morgan fingerprint density at radius 2 is 1.88 bits per heavy atom. The highest BCUT2D eigenvalue weighted by Gasteiger charge is 2.46. The summed E-state index contributed by atoms with van der Waals surface area (Å²) in [5.74, 6) is 1.47. The van der Waals surface area contributed by atoms with E-state index in [2.05, 4.69) is 27.7 Å². The van der Waals surface area contributed by atoms with Gasteiger partial charge in [0, 0.05) is 13.2 Å². The maximum Gasteiger partial charge on any atom is 0.282 e. The van der Waals surface area contributed by atoms with Crippen molar-refractivity contribution in [3.05, 3.63) is 68.7 Å². The van der Waals surface area contributed by atoms with Crippen molar-refractivity contribution in [1.29, 1.82) is 0 Å². The zero-order chi connectivity index (χ0) is 23.3. The van der Waals surface area contributed by atoms with Crippen molar-refractivity contribution in [1.82, 2.24) is 14.5 Å². The van der Waals surface area contributed by atoms with Gasteiger partial charge in [0.25, 0.3) is 5.56 Å². The Kier molecular flexibility index (Phi) is 5.75. The molecule has 3 aliphatic rings. The first-order valence-corrected chi connectivity index (χ1v) is 13.2. The quantitative estimate of drug-likeness (QED) is 0.563. The number of aliphatic hydroxyl groups excluding tert-OH is 1. The van der Waals surface area contributed by atoms with Crippen LogP contribution in [0, 0.1) is 0 Å². The predicted octanol–water partition coefficient (Wildman–Crippen LogP) is 5.16. The molecule has 1 aliphatic carbocycles. The van der Waals surface area contributed by atoms with Crippen LogP contribution in [-0.4, -0.2) is 45.8 Å². The molecular formula is C28H32ClN3O2. The van der Waals surface area contributed by atoms with E-state index in [-0.39, 0.29) is 17.6 Å². The number of halogens is 1. The van der Waals surface area contributed by atoms with Crippen molar-refractivity contribution in [3.8, 4) is 5.69 Å². The van der Waals surface area contributed by atoms with Gasteiger partial charge in [-0.15, -0.1) is 0 Å². The minimum absolute atomic E-state index is 0.179. The van der Waals surface area contributed by atoms with Crippen molar-refractivity contribution in [2.24, 2.45) is 0 Å². The molecule has 6 heteroatoms. The lowest BCUT2D eigenvalue weighted by Crippen LogP contribution is -2.34. The zero-order valence-electron chi connectivity index (χ0n) is 19.6. The number of likely N-dealkylation sites (tertiary alicyclic amines) is 1. The molecule has 0 atom stereocenters. The SMILES string of the molecule is O=c1nc2n(c3cccc(Cl)c13)-c1ccc(C3CCN(CCCO)CC3)cc1C21CCCCC1. The van der Waals surface area contributed by atoms with Gasteiger partial charge in [-0.1, -0.05) is 49.1 Å². The summed E-state index contributed by atoms with van der Waals surface area (Å²) < 4.78 is 2.23. The standard InChI is InChI=1S/C28H32ClN3O2/c29-22-6-4-7-24-25(22)26(34)30-27-28(12-2-1-3-13-28)21-18-20(8-9-23(21)32(24)27)19-10-15-31(16-11-19)14-5-17-33/h4,6-9,18-19,33H,1-3,5,10-17H2. The topological polar surface area (TPSA) is 58.4 Å². The molecule has 2 fully saturated rings. The van der Waals surface area contributed by atoms with Crippen LogP contribution in [0.15, 0.2) is 41.2 Å². The summed E-state index contributed by atoms with van der Waals surface area (Å²) in [5, 5.41) is 10.1. The van der Waals surface area contributed by atoms with Gasteiger partial charge in [-0.3, -0.25) is 9.36 Å². The Hall–Kier alpha value is -2.21. The summed E-state index contributed by atoms with van der Waals surface area (Å²) in [4.78, 5) is 20.3. The molecule has 1 saturated heterocycles. The summed E-state index contributed by atoms with van der Waals surface area (Å²) in [6.45, 7) is 3.43. The lowest BCUT2D eigenvalue weighted by atomic mass is 9.69.